The first-order valence-electron chi connectivity index (χ1n) is 8.84. The fraction of sp³-hybridized carbons (Fsp3) is 0.182. The molecule has 0 radical (unpaired) electrons. The fourth-order valence-corrected chi connectivity index (χ4v) is 2.51. The van der Waals surface area contributed by atoms with E-state index in [1.54, 1.807) is 24.1 Å². The highest BCUT2D eigenvalue weighted by atomic mass is 16.5. The van der Waals surface area contributed by atoms with Crippen LogP contribution in [-0.4, -0.2) is 36.0 Å². The Balaban J connectivity index is 1.46. The number of amides is 1. The first-order valence-corrected chi connectivity index (χ1v) is 8.84. The number of aromatic nitrogens is 1. The highest BCUT2D eigenvalue weighted by Gasteiger charge is 2.12. The minimum Gasteiger partial charge on any atom is -0.494 e. The Morgan fingerprint density at radius 2 is 1.59 bits per heavy atom. The van der Waals surface area contributed by atoms with E-state index in [-0.39, 0.29) is 5.91 Å². The van der Waals surface area contributed by atoms with Crippen molar-refractivity contribution in [3.63, 3.8) is 0 Å². The van der Waals surface area contributed by atoms with Crippen LogP contribution in [0.4, 0.5) is 0 Å². The summed E-state index contributed by atoms with van der Waals surface area (Å²) in [6.45, 7) is 1.16. The Morgan fingerprint density at radius 1 is 0.926 bits per heavy atom. The van der Waals surface area contributed by atoms with E-state index in [1.807, 2.05) is 60.7 Å². The lowest BCUT2D eigenvalue weighted by molar-refractivity contribution is 0.0787. The minimum atomic E-state index is -0.0755. The van der Waals surface area contributed by atoms with Gasteiger partial charge in [0.15, 0.2) is 0 Å². The lowest BCUT2D eigenvalue weighted by Gasteiger charge is -2.17. The van der Waals surface area contributed by atoms with Gasteiger partial charge in [-0.25, -0.2) is 4.98 Å². The Morgan fingerprint density at radius 3 is 2.22 bits per heavy atom. The molecule has 138 valence electrons. The van der Waals surface area contributed by atoms with Crippen LogP contribution >= 0.6 is 0 Å². The van der Waals surface area contributed by atoms with Gasteiger partial charge >= 0.3 is 0 Å². The summed E-state index contributed by atoms with van der Waals surface area (Å²) in [4.78, 5) is 18.4. The molecule has 0 saturated carbocycles. The number of benzene rings is 2. The number of hydrogen-bond donors (Lipinski definition) is 0. The van der Waals surface area contributed by atoms with Gasteiger partial charge in [0.25, 0.3) is 5.91 Å². The van der Waals surface area contributed by atoms with Gasteiger partial charge in [0.1, 0.15) is 11.5 Å². The van der Waals surface area contributed by atoms with E-state index < -0.39 is 0 Å². The van der Waals surface area contributed by atoms with Crippen molar-refractivity contribution < 1.29 is 14.3 Å². The molecule has 0 aliphatic rings. The summed E-state index contributed by atoms with van der Waals surface area (Å²) in [5, 5.41) is 0. The third-order valence-corrected chi connectivity index (χ3v) is 3.95. The van der Waals surface area contributed by atoms with Gasteiger partial charge in [-0.3, -0.25) is 4.79 Å². The summed E-state index contributed by atoms with van der Waals surface area (Å²) in [5.74, 6) is 1.93. The summed E-state index contributed by atoms with van der Waals surface area (Å²) in [5.41, 5.74) is 0.530. The second-order valence-electron chi connectivity index (χ2n) is 6.04. The summed E-state index contributed by atoms with van der Waals surface area (Å²) in [6, 6.07) is 22.5. The molecule has 3 aromatic rings. The Kier molecular flexibility index (Phi) is 6.41. The second-order valence-corrected chi connectivity index (χ2v) is 6.04. The zero-order valence-corrected chi connectivity index (χ0v) is 15.2. The van der Waals surface area contributed by atoms with Gasteiger partial charge < -0.3 is 14.4 Å². The average Bonchev–Trinajstić information content (AvgIpc) is 2.72. The molecule has 0 saturated heterocycles. The van der Waals surface area contributed by atoms with Crippen molar-refractivity contribution in [2.45, 2.75) is 6.42 Å². The molecule has 1 amide bonds. The molecule has 3 rings (SSSR count). The zero-order chi connectivity index (χ0) is 18.9. The SMILES string of the molecule is CN(CCCOc1ccccc1)C(=O)c1ccc(Oc2ccccc2)nc1. The summed E-state index contributed by atoms with van der Waals surface area (Å²) in [6.07, 6.45) is 2.29. The molecular weight excluding hydrogens is 340 g/mol. The summed E-state index contributed by atoms with van der Waals surface area (Å²) < 4.78 is 11.3. The van der Waals surface area contributed by atoms with Crippen LogP contribution in [0.3, 0.4) is 0 Å². The highest BCUT2D eigenvalue weighted by Crippen LogP contribution is 2.19. The van der Waals surface area contributed by atoms with Gasteiger partial charge in [-0.2, -0.15) is 0 Å². The maximum atomic E-state index is 12.5. The lowest BCUT2D eigenvalue weighted by Crippen LogP contribution is -2.28. The van der Waals surface area contributed by atoms with Crippen LogP contribution in [0.5, 0.6) is 17.4 Å². The highest BCUT2D eigenvalue weighted by molar-refractivity contribution is 5.93. The lowest BCUT2D eigenvalue weighted by atomic mass is 10.2. The molecule has 2 aromatic carbocycles. The van der Waals surface area contributed by atoms with E-state index in [4.69, 9.17) is 9.47 Å². The van der Waals surface area contributed by atoms with Gasteiger partial charge in [0.2, 0.25) is 5.88 Å². The normalized spacial score (nSPS) is 10.3. The van der Waals surface area contributed by atoms with E-state index in [2.05, 4.69) is 4.98 Å². The quantitative estimate of drug-likeness (QED) is 0.557. The monoisotopic (exact) mass is 362 g/mol. The second kappa shape index (κ2) is 9.38. The van der Waals surface area contributed by atoms with E-state index in [1.165, 1.54) is 6.20 Å². The third kappa shape index (κ3) is 5.57. The van der Waals surface area contributed by atoms with Crippen molar-refractivity contribution in [3.05, 3.63) is 84.6 Å². The number of hydrogen-bond acceptors (Lipinski definition) is 4. The molecule has 27 heavy (non-hydrogen) atoms. The van der Waals surface area contributed by atoms with Crippen molar-refractivity contribution in [2.24, 2.45) is 0 Å². The number of pyridine rings is 1. The number of para-hydroxylation sites is 2. The smallest absolute Gasteiger partial charge is 0.255 e. The molecule has 1 heterocycles. The van der Waals surface area contributed by atoms with Crippen LogP contribution in [0.1, 0.15) is 16.8 Å². The Labute approximate surface area is 159 Å². The van der Waals surface area contributed by atoms with E-state index >= 15 is 0 Å². The zero-order valence-electron chi connectivity index (χ0n) is 15.2. The van der Waals surface area contributed by atoms with Crippen molar-refractivity contribution in [1.29, 1.82) is 0 Å². The number of carbonyl (C=O) groups is 1. The standard InChI is InChI=1S/C22H22N2O3/c1-24(15-8-16-26-19-9-4-2-5-10-19)22(25)18-13-14-21(23-17-18)27-20-11-6-3-7-12-20/h2-7,9-14,17H,8,15-16H2,1H3. The maximum Gasteiger partial charge on any atom is 0.255 e. The topological polar surface area (TPSA) is 51.7 Å². The molecule has 0 aliphatic heterocycles. The molecule has 0 fully saturated rings. The van der Waals surface area contributed by atoms with Crippen molar-refractivity contribution in [3.8, 4) is 17.4 Å². The van der Waals surface area contributed by atoms with Gasteiger partial charge in [0.05, 0.1) is 12.2 Å². The molecule has 0 N–H and O–H groups in total. The van der Waals surface area contributed by atoms with Gasteiger partial charge in [-0.15, -0.1) is 0 Å². The molecular formula is C22H22N2O3. The van der Waals surface area contributed by atoms with Crippen LogP contribution in [-0.2, 0) is 0 Å². The number of carbonyl (C=O) groups excluding carboxylic acids is 1. The van der Waals surface area contributed by atoms with Crippen molar-refractivity contribution >= 4 is 5.91 Å². The number of nitrogens with zero attached hydrogens (tertiary/aromatic N) is 2. The van der Waals surface area contributed by atoms with E-state index in [0.29, 0.717) is 30.3 Å². The van der Waals surface area contributed by atoms with Gasteiger partial charge in [-0.05, 0) is 36.8 Å². The van der Waals surface area contributed by atoms with Crippen LogP contribution in [0, 0.1) is 0 Å². The largest absolute Gasteiger partial charge is 0.494 e. The molecule has 0 bridgehead atoms. The molecule has 1 aromatic heterocycles. The Bertz CT molecular complexity index is 836. The van der Waals surface area contributed by atoms with Gasteiger partial charge in [0, 0.05) is 25.9 Å². The van der Waals surface area contributed by atoms with Crippen LogP contribution in [0.15, 0.2) is 79.0 Å². The van der Waals surface area contributed by atoms with Gasteiger partial charge in [-0.1, -0.05) is 36.4 Å². The molecule has 0 aliphatic carbocycles. The Hall–Kier alpha value is -3.34. The summed E-state index contributed by atoms with van der Waals surface area (Å²) in [7, 11) is 1.78. The first-order chi connectivity index (χ1) is 13.2. The molecule has 5 heteroatoms. The van der Waals surface area contributed by atoms with Crippen molar-refractivity contribution in [1.82, 2.24) is 9.88 Å². The maximum absolute atomic E-state index is 12.5. The average molecular weight is 362 g/mol. The minimum absolute atomic E-state index is 0.0755. The van der Waals surface area contributed by atoms with Crippen molar-refractivity contribution in [2.75, 3.05) is 20.2 Å². The van der Waals surface area contributed by atoms with Crippen LogP contribution < -0.4 is 9.47 Å². The predicted molar refractivity (Wildman–Crippen MR) is 104 cm³/mol. The van der Waals surface area contributed by atoms with E-state index in [0.717, 1.165) is 12.2 Å². The predicted octanol–water partition coefficient (Wildman–Crippen LogP) is 4.42. The summed E-state index contributed by atoms with van der Waals surface area (Å²) >= 11 is 0. The van der Waals surface area contributed by atoms with Crippen LogP contribution in [0.25, 0.3) is 0 Å². The number of ether oxygens (including phenoxy) is 2. The molecule has 0 atom stereocenters. The van der Waals surface area contributed by atoms with Crippen LogP contribution in [0.2, 0.25) is 0 Å². The fourth-order valence-electron chi connectivity index (χ4n) is 2.51. The third-order valence-electron chi connectivity index (χ3n) is 3.95. The molecule has 0 unspecified atom stereocenters. The first kappa shape index (κ1) is 18.5. The molecule has 0 spiro atoms. The number of rotatable bonds is 8. The molecule has 5 nitrogen and oxygen atoms in total. The van der Waals surface area contributed by atoms with E-state index in [9.17, 15) is 4.79 Å².